The minimum Gasteiger partial charge on any atom is -0.356 e. The van der Waals surface area contributed by atoms with Crippen molar-refractivity contribution in [3.05, 3.63) is 23.6 Å². The number of anilines is 1. The number of pyridine rings is 1. The molecule has 0 bridgehead atoms. The van der Waals surface area contributed by atoms with Crippen molar-refractivity contribution in [1.82, 2.24) is 9.88 Å². The molecule has 19 heavy (non-hydrogen) atoms. The molecule has 1 aliphatic rings. The lowest BCUT2D eigenvalue weighted by atomic mass is 10.2. The quantitative estimate of drug-likeness (QED) is 0.785. The first kappa shape index (κ1) is 14.1. The van der Waals surface area contributed by atoms with Gasteiger partial charge >= 0.3 is 0 Å². The molecule has 1 aromatic rings. The maximum Gasteiger partial charge on any atom is 0.251 e. The van der Waals surface area contributed by atoms with Crippen molar-refractivity contribution in [2.24, 2.45) is 0 Å². The van der Waals surface area contributed by atoms with Crippen LogP contribution in [0.4, 0.5) is 19.0 Å². The van der Waals surface area contributed by atoms with Gasteiger partial charge in [-0.2, -0.15) is 9.37 Å². The normalized spacial score (nSPS) is 19.9. The third-order valence-electron chi connectivity index (χ3n) is 3.62. The van der Waals surface area contributed by atoms with Gasteiger partial charge in [0.25, 0.3) is 5.95 Å². The molecule has 6 heteroatoms. The molecule has 1 saturated heterocycles. The standard InChI is InChI=1S/C13H18F3N3/c1-3-19-6-4-5-9(19)8-18(2)13-11(15)7-10(14)12(16)17-13/h7,9H,3-6,8H2,1-2H3. The lowest BCUT2D eigenvalue weighted by molar-refractivity contribution is 0.270. The molecule has 0 amide bonds. The first-order valence-electron chi connectivity index (χ1n) is 6.49. The van der Waals surface area contributed by atoms with E-state index in [-0.39, 0.29) is 5.82 Å². The van der Waals surface area contributed by atoms with Crippen LogP contribution in [0.15, 0.2) is 6.07 Å². The van der Waals surface area contributed by atoms with Gasteiger partial charge < -0.3 is 4.90 Å². The minimum atomic E-state index is -1.26. The average Bonchev–Trinajstić information content (AvgIpc) is 2.80. The lowest BCUT2D eigenvalue weighted by Gasteiger charge is -2.28. The van der Waals surface area contributed by atoms with Crippen LogP contribution >= 0.6 is 0 Å². The second kappa shape index (κ2) is 5.77. The van der Waals surface area contributed by atoms with Gasteiger partial charge in [0.05, 0.1) is 0 Å². The molecule has 2 rings (SSSR count). The van der Waals surface area contributed by atoms with E-state index in [1.54, 1.807) is 11.9 Å². The molecule has 0 aliphatic carbocycles. The molecule has 2 heterocycles. The third-order valence-corrected chi connectivity index (χ3v) is 3.62. The zero-order valence-electron chi connectivity index (χ0n) is 11.2. The number of likely N-dealkylation sites (N-methyl/N-ethyl adjacent to an activating group) is 2. The van der Waals surface area contributed by atoms with Crippen LogP contribution in [0.1, 0.15) is 19.8 Å². The highest BCUT2D eigenvalue weighted by Gasteiger charge is 2.25. The number of nitrogens with zero attached hydrogens (tertiary/aromatic N) is 3. The number of halogens is 3. The summed E-state index contributed by atoms with van der Waals surface area (Å²) in [4.78, 5) is 7.21. The number of hydrogen-bond donors (Lipinski definition) is 0. The van der Waals surface area contributed by atoms with Gasteiger partial charge in [-0.05, 0) is 25.9 Å². The van der Waals surface area contributed by atoms with Crippen molar-refractivity contribution in [1.29, 1.82) is 0 Å². The van der Waals surface area contributed by atoms with Crippen LogP contribution in [0.3, 0.4) is 0 Å². The smallest absolute Gasteiger partial charge is 0.251 e. The second-order valence-corrected chi connectivity index (χ2v) is 4.87. The predicted octanol–water partition coefficient (Wildman–Crippen LogP) is 2.42. The Kier molecular flexibility index (Phi) is 4.29. The second-order valence-electron chi connectivity index (χ2n) is 4.87. The van der Waals surface area contributed by atoms with E-state index in [2.05, 4.69) is 16.8 Å². The van der Waals surface area contributed by atoms with Gasteiger partial charge in [0.2, 0.25) is 0 Å². The highest BCUT2D eigenvalue weighted by atomic mass is 19.2. The number of likely N-dealkylation sites (tertiary alicyclic amines) is 1. The maximum atomic E-state index is 13.6. The summed E-state index contributed by atoms with van der Waals surface area (Å²) < 4.78 is 39.5. The van der Waals surface area contributed by atoms with Gasteiger partial charge in [-0.3, -0.25) is 4.90 Å². The van der Waals surface area contributed by atoms with Gasteiger partial charge in [-0.25, -0.2) is 8.78 Å². The molecule has 1 unspecified atom stereocenters. The fourth-order valence-electron chi connectivity index (χ4n) is 2.62. The largest absolute Gasteiger partial charge is 0.356 e. The van der Waals surface area contributed by atoms with E-state index in [0.29, 0.717) is 18.7 Å². The third kappa shape index (κ3) is 3.00. The van der Waals surface area contributed by atoms with E-state index in [9.17, 15) is 13.2 Å². The van der Waals surface area contributed by atoms with Gasteiger partial charge in [-0.15, -0.1) is 0 Å². The van der Waals surface area contributed by atoms with Crippen molar-refractivity contribution in [2.75, 3.05) is 31.6 Å². The van der Waals surface area contributed by atoms with Gasteiger partial charge in [-0.1, -0.05) is 6.92 Å². The fraction of sp³-hybridized carbons (Fsp3) is 0.615. The van der Waals surface area contributed by atoms with Crippen LogP contribution in [0.25, 0.3) is 0 Å². The average molecular weight is 273 g/mol. The minimum absolute atomic E-state index is 0.137. The highest BCUT2D eigenvalue weighted by molar-refractivity contribution is 5.39. The summed E-state index contributed by atoms with van der Waals surface area (Å²) in [5.74, 6) is -3.49. The van der Waals surface area contributed by atoms with Crippen LogP contribution < -0.4 is 4.90 Å². The molecule has 1 aliphatic heterocycles. The molecule has 0 N–H and O–H groups in total. The summed E-state index contributed by atoms with van der Waals surface area (Å²) in [7, 11) is 1.65. The molecule has 0 aromatic carbocycles. The van der Waals surface area contributed by atoms with Gasteiger partial charge in [0.15, 0.2) is 17.5 Å². The Morgan fingerprint density at radius 2 is 2.11 bits per heavy atom. The summed E-state index contributed by atoms with van der Waals surface area (Å²) in [6.45, 7) is 4.60. The molecule has 0 spiro atoms. The summed E-state index contributed by atoms with van der Waals surface area (Å²) in [5, 5.41) is 0. The Balaban J connectivity index is 2.11. The van der Waals surface area contributed by atoms with Gasteiger partial charge in [0, 0.05) is 25.7 Å². The van der Waals surface area contributed by atoms with E-state index in [1.807, 2.05) is 0 Å². The van der Waals surface area contributed by atoms with E-state index >= 15 is 0 Å². The zero-order chi connectivity index (χ0) is 14.0. The molecule has 0 saturated carbocycles. The molecule has 0 radical (unpaired) electrons. The van der Waals surface area contributed by atoms with Crippen LogP contribution in [0.2, 0.25) is 0 Å². The SMILES string of the molecule is CCN1CCCC1CN(C)c1nc(F)c(F)cc1F. The Labute approximate surface area is 111 Å². The summed E-state index contributed by atoms with van der Waals surface area (Å²) in [6, 6.07) is 0.852. The van der Waals surface area contributed by atoms with Crippen LogP contribution in [0, 0.1) is 17.6 Å². The summed E-state index contributed by atoms with van der Waals surface area (Å²) in [6.07, 6.45) is 2.14. The molecule has 106 valence electrons. The summed E-state index contributed by atoms with van der Waals surface area (Å²) in [5.41, 5.74) is 0. The van der Waals surface area contributed by atoms with Crippen LogP contribution in [-0.2, 0) is 0 Å². The van der Waals surface area contributed by atoms with Crippen LogP contribution in [-0.4, -0.2) is 42.6 Å². The molecular formula is C13H18F3N3. The maximum absolute atomic E-state index is 13.6. The number of rotatable bonds is 4. The molecular weight excluding hydrogens is 255 g/mol. The van der Waals surface area contributed by atoms with Crippen molar-refractivity contribution >= 4 is 5.82 Å². The van der Waals surface area contributed by atoms with Crippen molar-refractivity contribution in [3.8, 4) is 0 Å². The predicted molar refractivity (Wildman–Crippen MR) is 67.7 cm³/mol. The van der Waals surface area contributed by atoms with Crippen molar-refractivity contribution in [3.63, 3.8) is 0 Å². The van der Waals surface area contributed by atoms with Crippen molar-refractivity contribution in [2.45, 2.75) is 25.8 Å². The van der Waals surface area contributed by atoms with E-state index < -0.39 is 17.6 Å². The Hall–Kier alpha value is -1.30. The Morgan fingerprint density at radius 1 is 1.37 bits per heavy atom. The van der Waals surface area contributed by atoms with Gasteiger partial charge in [0.1, 0.15) is 0 Å². The lowest BCUT2D eigenvalue weighted by Crippen LogP contribution is -2.39. The highest BCUT2D eigenvalue weighted by Crippen LogP contribution is 2.22. The Morgan fingerprint density at radius 3 is 2.79 bits per heavy atom. The molecule has 1 fully saturated rings. The molecule has 3 nitrogen and oxygen atoms in total. The van der Waals surface area contributed by atoms with E-state index in [0.717, 1.165) is 25.9 Å². The van der Waals surface area contributed by atoms with Crippen molar-refractivity contribution < 1.29 is 13.2 Å². The monoisotopic (exact) mass is 273 g/mol. The summed E-state index contributed by atoms with van der Waals surface area (Å²) >= 11 is 0. The number of hydrogen-bond acceptors (Lipinski definition) is 3. The molecule has 1 atom stereocenters. The zero-order valence-corrected chi connectivity index (χ0v) is 11.2. The molecule has 1 aromatic heterocycles. The Bertz CT molecular complexity index is 453. The first-order valence-corrected chi connectivity index (χ1v) is 6.49. The first-order chi connectivity index (χ1) is 9.02. The number of aromatic nitrogens is 1. The van der Waals surface area contributed by atoms with E-state index in [4.69, 9.17) is 0 Å². The van der Waals surface area contributed by atoms with E-state index in [1.165, 1.54) is 0 Å². The fourth-order valence-corrected chi connectivity index (χ4v) is 2.62. The topological polar surface area (TPSA) is 19.4 Å². The van der Waals surface area contributed by atoms with Crippen LogP contribution in [0.5, 0.6) is 0 Å².